The average molecular weight is 289 g/mol. The predicted molar refractivity (Wildman–Crippen MR) is 89.9 cm³/mol. The van der Waals surface area contributed by atoms with Crippen LogP contribution in [0.15, 0.2) is 24.3 Å². The number of benzene rings is 1. The normalized spacial score (nSPS) is 22.8. The summed E-state index contributed by atoms with van der Waals surface area (Å²) in [6.45, 7) is 8.16. The third-order valence-corrected chi connectivity index (χ3v) is 5.13. The van der Waals surface area contributed by atoms with Crippen LogP contribution in [-0.2, 0) is 6.42 Å². The summed E-state index contributed by atoms with van der Waals surface area (Å²) in [6.07, 6.45) is 6.58. The van der Waals surface area contributed by atoms with Crippen LogP contribution in [-0.4, -0.2) is 19.7 Å². The van der Waals surface area contributed by atoms with Crippen molar-refractivity contribution in [3.05, 3.63) is 29.8 Å². The largest absolute Gasteiger partial charge is 0.497 e. The molecule has 2 heteroatoms. The molecule has 2 rings (SSSR count). The summed E-state index contributed by atoms with van der Waals surface area (Å²) in [6, 6.07) is 9.10. The maximum absolute atomic E-state index is 5.36. The van der Waals surface area contributed by atoms with Crippen LogP contribution in [0, 0.1) is 11.3 Å². The van der Waals surface area contributed by atoms with E-state index in [1.807, 2.05) is 6.07 Å². The minimum Gasteiger partial charge on any atom is -0.497 e. The first-order valence-corrected chi connectivity index (χ1v) is 8.43. The highest BCUT2D eigenvalue weighted by atomic mass is 16.5. The van der Waals surface area contributed by atoms with Crippen molar-refractivity contribution in [3.63, 3.8) is 0 Å². The average Bonchev–Trinajstić information content (AvgIpc) is 2.47. The molecule has 1 aromatic carbocycles. The van der Waals surface area contributed by atoms with Crippen molar-refractivity contribution in [2.75, 3.05) is 13.7 Å². The molecule has 1 saturated carbocycles. The van der Waals surface area contributed by atoms with Gasteiger partial charge in [0.25, 0.3) is 0 Å². The first-order chi connectivity index (χ1) is 10.1. The lowest BCUT2D eigenvalue weighted by atomic mass is 9.65. The van der Waals surface area contributed by atoms with Gasteiger partial charge in [0.15, 0.2) is 0 Å². The zero-order chi connectivity index (χ0) is 15.3. The number of ether oxygens (including phenoxy) is 1. The molecule has 2 nitrogen and oxygen atoms in total. The van der Waals surface area contributed by atoms with Gasteiger partial charge < -0.3 is 10.1 Å². The van der Waals surface area contributed by atoms with Gasteiger partial charge in [0, 0.05) is 6.04 Å². The van der Waals surface area contributed by atoms with Crippen LogP contribution in [0.25, 0.3) is 0 Å². The number of methoxy groups -OCH3 is 1. The monoisotopic (exact) mass is 289 g/mol. The van der Waals surface area contributed by atoms with Gasteiger partial charge in [-0.2, -0.15) is 0 Å². The van der Waals surface area contributed by atoms with Crippen molar-refractivity contribution in [2.45, 2.75) is 58.9 Å². The molecule has 0 spiro atoms. The van der Waals surface area contributed by atoms with Crippen molar-refractivity contribution in [2.24, 2.45) is 11.3 Å². The van der Waals surface area contributed by atoms with E-state index in [1.165, 1.54) is 31.2 Å². The van der Waals surface area contributed by atoms with Crippen molar-refractivity contribution in [1.82, 2.24) is 5.32 Å². The summed E-state index contributed by atoms with van der Waals surface area (Å²) in [7, 11) is 1.74. The summed E-state index contributed by atoms with van der Waals surface area (Å²) in [5, 5.41) is 3.75. The lowest BCUT2D eigenvalue weighted by Gasteiger charge is -2.43. The fraction of sp³-hybridized carbons (Fsp3) is 0.684. The molecule has 0 radical (unpaired) electrons. The van der Waals surface area contributed by atoms with Gasteiger partial charge in [0.2, 0.25) is 0 Å². The van der Waals surface area contributed by atoms with Crippen LogP contribution in [0.3, 0.4) is 0 Å². The Labute approximate surface area is 130 Å². The number of rotatable bonds is 6. The maximum Gasteiger partial charge on any atom is 0.119 e. The molecular formula is C19H31NO. The van der Waals surface area contributed by atoms with Crippen LogP contribution in [0.2, 0.25) is 0 Å². The summed E-state index contributed by atoms with van der Waals surface area (Å²) >= 11 is 0. The van der Waals surface area contributed by atoms with Gasteiger partial charge in [-0.3, -0.25) is 0 Å². The highest BCUT2D eigenvalue weighted by Crippen LogP contribution is 2.43. The van der Waals surface area contributed by atoms with E-state index >= 15 is 0 Å². The van der Waals surface area contributed by atoms with Crippen LogP contribution < -0.4 is 10.1 Å². The Kier molecular flexibility index (Phi) is 5.69. The number of hydrogen-bond donors (Lipinski definition) is 1. The molecule has 1 aliphatic rings. The van der Waals surface area contributed by atoms with Gasteiger partial charge in [-0.25, -0.2) is 0 Å². The van der Waals surface area contributed by atoms with Crippen LogP contribution in [0.1, 0.15) is 52.0 Å². The Morgan fingerprint density at radius 3 is 2.81 bits per heavy atom. The van der Waals surface area contributed by atoms with Crippen LogP contribution in [0.4, 0.5) is 0 Å². The van der Waals surface area contributed by atoms with Gasteiger partial charge in [-0.15, -0.1) is 0 Å². The Hall–Kier alpha value is -1.02. The second-order valence-corrected chi connectivity index (χ2v) is 7.06. The van der Waals surface area contributed by atoms with Gasteiger partial charge >= 0.3 is 0 Å². The van der Waals surface area contributed by atoms with Crippen molar-refractivity contribution < 1.29 is 4.74 Å². The zero-order valence-corrected chi connectivity index (χ0v) is 14.1. The van der Waals surface area contributed by atoms with Crippen molar-refractivity contribution in [1.29, 1.82) is 0 Å². The van der Waals surface area contributed by atoms with Gasteiger partial charge in [-0.05, 0) is 54.8 Å². The van der Waals surface area contributed by atoms with Gasteiger partial charge in [0.05, 0.1) is 7.11 Å². The van der Waals surface area contributed by atoms with E-state index in [-0.39, 0.29) is 0 Å². The Morgan fingerprint density at radius 1 is 1.33 bits per heavy atom. The molecule has 0 aromatic heterocycles. The molecule has 0 aliphatic heterocycles. The standard InChI is InChI=1S/C19H31NO/c1-5-20-18(17-11-6-7-12-19(17,2)3)14-15-9-8-10-16(13-15)21-4/h8-10,13,17-18,20H,5-7,11-12,14H2,1-4H3. The lowest BCUT2D eigenvalue weighted by molar-refractivity contribution is 0.0987. The van der Waals surface area contributed by atoms with Crippen LogP contribution >= 0.6 is 0 Å². The van der Waals surface area contributed by atoms with Crippen molar-refractivity contribution >= 4 is 0 Å². The smallest absolute Gasteiger partial charge is 0.119 e. The molecule has 1 aromatic rings. The Morgan fingerprint density at radius 2 is 2.14 bits per heavy atom. The minimum atomic E-state index is 0.448. The highest BCUT2D eigenvalue weighted by Gasteiger charge is 2.37. The highest BCUT2D eigenvalue weighted by molar-refractivity contribution is 5.29. The first-order valence-electron chi connectivity index (χ1n) is 8.43. The molecule has 0 bridgehead atoms. The van der Waals surface area contributed by atoms with Crippen molar-refractivity contribution in [3.8, 4) is 5.75 Å². The fourth-order valence-electron chi connectivity index (χ4n) is 3.94. The lowest BCUT2D eigenvalue weighted by Crippen LogP contribution is -2.46. The fourth-order valence-corrected chi connectivity index (χ4v) is 3.94. The summed E-state index contributed by atoms with van der Waals surface area (Å²) in [5.74, 6) is 1.73. The third-order valence-electron chi connectivity index (χ3n) is 5.13. The quantitative estimate of drug-likeness (QED) is 0.836. The molecule has 0 amide bonds. The zero-order valence-electron chi connectivity index (χ0n) is 14.1. The van der Waals surface area contributed by atoms with E-state index in [4.69, 9.17) is 4.74 Å². The summed E-state index contributed by atoms with van der Waals surface area (Å²) in [4.78, 5) is 0. The number of nitrogens with one attached hydrogen (secondary N) is 1. The van der Waals surface area contributed by atoms with E-state index in [0.717, 1.165) is 24.6 Å². The molecule has 0 saturated heterocycles. The molecule has 2 atom stereocenters. The number of hydrogen-bond acceptors (Lipinski definition) is 2. The topological polar surface area (TPSA) is 21.3 Å². The maximum atomic E-state index is 5.36. The molecule has 0 heterocycles. The van der Waals surface area contributed by atoms with E-state index in [9.17, 15) is 0 Å². The van der Waals surface area contributed by atoms with Gasteiger partial charge in [0.1, 0.15) is 5.75 Å². The molecule has 21 heavy (non-hydrogen) atoms. The Bertz CT molecular complexity index is 441. The first kappa shape index (κ1) is 16.4. The predicted octanol–water partition coefficient (Wildman–Crippen LogP) is 4.43. The molecule has 1 fully saturated rings. The molecule has 1 N–H and O–H groups in total. The molecule has 118 valence electrons. The van der Waals surface area contributed by atoms with E-state index in [0.29, 0.717) is 11.5 Å². The second kappa shape index (κ2) is 7.31. The molecular weight excluding hydrogens is 258 g/mol. The Balaban J connectivity index is 2.14. The van der Waals surface area contributed by atoms with E-state index in [2.05, 4.69) is 44.3 Å². The molecule has 1 aliphatic carbocycles. The van der Waals surface area contributed by atoms with E-state index in [1.54, 1.807) is 7.11 Å². The van der Waals surface area contributed by atoms with E-state index < -0.39 is 0 Å². The summed E-state index contributed by atoms with van der Waals surface area (Å²) in [5.41, 5.74) is 1.82. The minimum absolute atomic E-state index is 0.448. The summed E-state index contributed by atoms with van der Waals surface area (Å²) < 4.78 is 5.36. The second-order valence-electron chi connectivity index (χ2n) is 7.06. The third kappa shape index (κ3) is 4.23. The molecule has 2 unspecified atom stereocenters. The van der Waals surface area contributed by atoms with Gasteiger partial charge in [-0.1, -0.05) is 45.7 Å². The SMILES string of the molecule is CCNC(Cc1cccc(OC)c1)C1CCCCC1(C)C. The van der Waals surface area contributed by atoms with Crippen LogP contribution in [0.5, 0.6) is 5.75 Å². The number of likely N-dealkylation sites (N-methyl/N-ethyl adjacent to an activating group) is 1.